The Bertz CT molecular complexity index is 656. The lowest BCUT2D eigenvalue weighted by molar-refractivity contribution is -0.00000637. The summed E-state index contributed by atoms with van der Waals surface area (Å²) in [4.78, 5) is 0. The minimum atomic E-state index is 0. The minimum Gasteiger partial charge on any atom is -1.00 e. The third-order valence-electron chi connectivity index (χ3n) is 3.94. The molecule has 0 unspecified atom stereocenters. The summed E-state index contributed by atoms with van der Waals surface area (Å²) in [7, 11) is 0. The second-order valence-corrected chi connectivity index (χ2v) is 5.78. The smallest absolute Gasteiger partial charge is 0.231 e. The predicted molar refractivity (Wildman–Crippen MR) is 83.2 cm³/mol. The summed E-state index contributed by atoms with van der Waals surface area (Å²) < 4.78 is 16.5. The van der Waals surface area contributed by atoms with Crippen molar-refractivity contribution < 1.29 is 26.6 Å². The van der Waals surface area contributed by atoms with Crippen LogP contribution in [0.25, 0.3) is 0 Å². The van der Waals surface area contributed by atoms with Gasteiger partial charge in [0, 0.05) is 12.6 Å². The molecular weight excluding hydrogens is 314 g/mol. The van der Waals surface area contributed by atoms with Crippen molar-refractivity contribution in [1.82, 2.24) is 5.32 Å². The molecule has 23 heavy (non-hydrogen) atoms. The average molecular weight is 333 g/mol. The van der Waals surface area contributed by atoms with Crippen molar-refractivity contribution in [3.8, 4) is 17.2 Å². The summed E-state index contributed by atoms with van der Waals surface area (Å²) in [6, 6.07) is 14.9. The van der Waals surface area contributed by atoms with Crippen molar-refractivity contribution in [2.24, 2.45) is 0 Å². The lowest BCUT2D eigenvalue weighted by Gasteiger charge is -2.08. The number of rotatable bonds is 6. The molecule has 1 saturated carbocycles. The van der Waals surface area contributed by atoms with Gasteiger partial charge < -0.3 is 31.9 Å². The number of nitrogens with one attached hydrogen (secondary N) is 1. The first-order valence-corrected chi connectivity index (χ1v) is 7.70. The van der Waals surface area contributed by atoms with Crippen molar-refractivity contribution in [3.05, 3.63) is 53.6 Å². The van der Waals surface area contributed by atoms with Crippen molar-refractivity contribution in [2.75, 3.05) is 6.79 Å². The molecule has 0 saturated heterocycles. The Kier molecular flexibility index (Phi) is 4.94. The van der Waals surface area contributed by atoms with E-state index in [4.69, 9.17) is 14.2 Å². The van der Waals surface area contributed by atoms with Crippen molar-refractivity contribution in [3.63, 3.8) is 0 Å². The fourth-order valence-electron chi connectivity index (χ4n) is 2.45. The molecule has 0 aromatic heterocycles. The second-order valence-electron chi connectivity index (χ2n) is 5.78. The van der Waals surface area contributed by atoms with Gasteiger partial charge in [-0.2, -0.15) is 0 Å². The highest BCUT2D eigenvalue weighted by Crippen LogP contribution is 2.32. The van der Waals surface area contributed by atoms with Crippen LogP contribution in [0.15, 0.2) is 42.5 Å². The van der Waals surface area contributed by atoms with Crippen LogP contribution in [-0.4, -0.2) is 12.8 Å². The van der Waals surface area contributed by atoms with E-state index in [1.54, 1.807) is 0 Å². The van der Waals surface area contributed by atoms with E-state index in [0.29, 0.717) is 13.4 Å². The zero-order chi connectivity index (χ0) is 14.8. The molecule has 0 radical (unpaired) electrons. The van der Waals surface area contributed by atoms with Crippen LogP contribution in [0.2, 0.25) is 0 Å². The molecule has 2 aliphatic rings. The molecule has 0 bridgehead atoms. The molecule has 2 aromatic carbocycles. The molecule has 0 amide bonds. The van der Waals surface area contributed by atoms with Crippen molar-refractivity contribution in [2.45, 2.75) is 32.0 Å². The Hall–Kier alpha value is -1.91. The van der Waals surface area contributed by atoms with Gasteiger partial charge in [-0.05, 0) is 48.2 Å². The number of benzene rings is 2. The number of ether oxygens (including phenoxy) is 3. The van der Waals surface area contributed by atoms with Crippen LogP contribution in [0.5, 0.6) is 17.2 Å². The van der Waals surface area contributed by atoms with Gasteiger partial charge in [-0.1, -0.05) is 18.2 Å². The Labute approximate surface area is 142 Å². The second kappa shape index (κ2) is 7.11. The van der Waals surface area contributed by atoms with Gasteiger partial charge in [0.15, 0.2) is 11.5 Å². The fourth-order valence-corrected chi connectivity index (χ4v) is 2.45. The lowest BCUT2D eigenvalue weighted by atomic mass is 10.2. The molecule has 0 atom stereocenters. The molecule has 1 fully saturated rings. The van der Waals surface area contributed by atoms with Crippen LogP contribution in [-0.2, 0) is 13.2 Å². The lowest BCUT2D eigenvalue weighted by Crippen LogP contribution is -3.00. The van der Waals surface area contributed by atoms with Crippen LogP contribution in [0.3, 0.4) is 0 Å². The zero-order valence-corrected chi connectivity index (χ0v) is 13.5. The van der Waals surface area contributed by atoms with Crippen molar-refractivity contribution >= 4 is 0 Å². The maximum atomic E-state index is 5.83. The van der Waals surface area contributed by atoms with Crippen LogP contribution < -0.4 is 31.9 Å². The van der Waals surface area contributed by atoms with E-state index >= 15 is 0 Å². The highest BCUT2D eigenvalue weighted by Gasteiger charge is 2.19. The maximum Gasteiger partial charge on any atom is 0.231 e. The fraction of sp³-hybridized carbons (Fsp3) is 0.333. The standard InChI is InChI=1S/C18H19NO3.ClH/c1-6-16(7-2-13(1)10-19-15-4-5-15)20-11-14-3-8-17-18(9-14)22-12-21-17;/h1-3,6-9,15,19H,4-5,10-12H2;1H/p-1. The van der Waals surface area contributed by atoms with Gasteiger partial charge in [0.1, 0.15) is 12.4 Å². The van der Waals surface area contributed by atoms with Gasteiger partial charge in [0.2, 0.25) is 6.79 Å². The Morgan fingerprint density at radius 3 is 2.48 bits per heavy atom. The average Bonchev–Trinajstić information content (AvgIpc) is 3.27. The normalized spacial score (nSPS) is 15.1. The van der Waals surface area contributed by atoms with E-state index in [-0.39, 0.29) is 12.4 Å². The minimum absolute atomic E-state index is 0. The predicted octanol–water partition coefficient (Wildman–Crippen LogP) is 0.250. The van der Waals surface area contributed by atoms with Gasteiger partial charge in [0.05, 0.1) is 0 Å². The van der Waals surface area contributed by atoms with Gasteiger partial charge in [-0.3, -0.25) is 0 Å². The van der Waals surface area contributed by atoms with Crippen LogP contribution in [0.4, 0.5) is 0 Å². The summed E-state index contributed by atoms with van der Waals surface area (Å²) >= 11 is 0. The highest BCUT2D eigenvalue weighted by molar-refractivity contribution is 5.44. The summed E-state index contributed by atoms with van der Waals surface area (Å²) in [5.74, 6) is 2.48. The quantitative estimate of drug-likeness (QED) is 0.823. The van der Waals surface area contributed by atoms with Gasteiger partial charge in [-0.15, -0.1) is 0 Å². The SMILES string of the molecule is [Cl-].c1cc(OCc2ccc3c(c2)OCO3)ccc1CNC1CC1. The first-order chi connectivity index (χ1) is 10.9. The molecule has 1 aliphatic heterocycles. The summed E-state index contributed by atoms with van der Waals surface area (Å²) in [5, 5.41) is 3.51. The number of halogens is 1. The van der Waals surface area contributed by atoms with E-state index in [1.165, 1.54) is 18.4 Å². The van der Waals surface area contributed by atoms with Crippen LogP contribution in [0.1, 0.15) is 24.0 Å². The molecule has 5 heteroatoms. The van der Waals surface area contributed by atoms with Crippen LogP contribution >= 0.6 is 0 Å². The Morgan fingerprint density at radius 1 is 0.957 bits per heavy atom. The number of hydrogen-bond donors (Lipinski definition) is 1. The Morgan fingerprint density at radius 2 is 1.70 bits per heavy atom. The molecular formula is C18H19ClNO3-. The number of fused-ring (bicyclic) bond motifs is 1. The molecule has 1 heterocycles. The monoisotopic (exact) mass is 332 g/mol. The third-order valence-corrected chi connectivity index (χ3v) is 3.94. The highest BCUT2D eigenvalue weighted by atomic mass is 35.5. The largest absolute Gasteiger partial charge is 1.00 e. The maximum absolute atomic E-state index is 5.83. The van der Waals surface area contributed by atoms with E-state index in [2.05, 4.69) is 17.4 Å². The van der Waals surface area contributed by atoms with Crippen molar-refractivity contribution in [1.29, 1.82) is 0 Å². The Balaban J connectivity index is 0.00000156. The van der Waals surface area contributed by atoms with E-state index in [9.17, 15) is 0 Å². The van der Waals surface area contributed by atoms with E-state index < -0.39 is 0 Å². The topological polar surface area (TPSA) is 39.7 Å². The zero-order valence-electron chi connectivity index (χ0n) is 12.8. The number of hydrogen-bond acceptors (Lipinski definition) is 4. The summed E-state index contributed by atoms with van der Waals surface area (Å²) in [6.07, 6.45) is 2.63. The summed E-state index contributed by atoms with van der Waals surface area (Å²) in [5.41, 5.74) is 2.37. The molecule has 0 spiro atoms. The van der Waals surface area contributed by atoms with Gasteiger partial charge in [0.25, 0.3) is 0 Å². The summed E-state index contributed by atoms with van der Waals surface area (Å²) in [6.45, 7) is 1.76. The molecule has 1 N–H and O–H groups in total. The molecule has 4 rings (SSSR count). The molecule has 2 aromatic rings. The molecule has 122 valence electrons. The first-order valence-electron chi connectivity index (χ1n) is 7.70. The third kappa shape index (κ3) is 4.09. The van der Waals surface area contributed by atoms with E-state index in [0.717, 1.165) is 35.4 Å². The molecule has 4 nitrogen and oxygen atoms in total. The molecule has 1 aliphatic carbocycles. The van der Waals surface area contributed by atoms with Crippen LogP contribution in [0, 0.1) is 0 Å². The van der Waals surface area contributed by atoms with E-state index in [1.807, 2.05) is 30.3 Å². The first kappa shape index (κ1) is 16.0. The van der Waals surface area contributed by atoms with Gasteiger partial charge in [-0.25, -0.2) is 0 Å². The van der Waals surface area contributed by atoms with Gasteiger partial charge >= 0.3 is 0 Å².